The number of nitrogens with zero attached hydrogens (tertiary/aromatic N) is 2. The van der Waals surface area contributed by atoms with Crippen molar-refractivity contribution in [3.8, 4) is 0 Å². The molecule has 0 radical (unpaired) electrons. The molecule has 22 heavy (non-hydrogen) atoms. The van der Waals surface area contributed by atoms with Crippen LogP contribution >= 0.6 is 48.0 Å². The molecule has 0 saturated carbocycles. The van der Waals surface area contributed by atoms with Gasteiger partial charge < -0.3 is 29.5 Å². The predicted octanol–water partition coefficient (Wildman–Crippen LogP) is 0.567. The minimum absolute atomic E-state index is 0.197. The fourth-order valence-electron chi connectivity index (χ4n) is 1.52. The van der Waals surface area contributed by atoms with Crippen molar-refractivity contribution in [1.82, 2.24) is 9.80 Å². The van der Waals surface area contributed by atoms with Crippen LogP contribution in [0.1, 0.15) is 0 Å². The number of aliphatic hydroxyl groups excluding tert-OH is 2. The first-order chi connectivity index (χ1) is 10.3. The van der Waals surface area contributed by atoms with Gasteiger partial charge in [0.15, 0.2) is 0 Å². The molecule has 0 aromatic heterocycles. The molecule has 0 aromatic carbocycles. The Morgan fingerprint density at radius 1 is 0.864 bits per heavy atom. The SMILES string of the molecule is CN(C)C(=S)SC1OC(CO)C(SC(=S)N(C)C)OC1CO. The van der Waals surface area contributed by atoms with Gasteiger partial charge in [-0.3, -0.25) is 0 Å². The Balaban J connectivity index is 2.75. The van der Waals surface area contributed by atoms with Crippen molar-refractivity contribution in [2.45, 2.75) is 23.1 Å². The highest BCUT2D eigenvalue weighted by molar-refractivity contribution is 8.23. The summed E-state index contributed by atoms with van der Waals surface area (Å²) in [5, 5.41) is 19.1. The zero-order valence-electron chi connectivity index (χ0n) is 13.0. The second-order valence-corrected chi connectivity index (χ2v) is 8.47. The lowest BCUT2D eigenvalue weighted by Crippen LogP contribution is -2.50. The number of rotatable bonds is 4. The van der Waals surface area contributed by atoms with Crippen LogP contribution in [0.25, 0.3) is 0 Å². The molecule has 1 heterocycles. The molecule has 128 valence electrons. The quantitative estimate of drug-likeness (QED) is 0.670. The fraction of sp³-hybridized carbons (Fsp3) is 0.833. The van der Waals surface area contributed by atoms with Crippen LogP contribution in [0, 0.1) is 0 Å². The Morgan fingerprint density at radius 2 is 1.18 bits per heavy atom. The van der Waals surface area contributed by atoms with Crippen LogP contribution in [0.4, 0.5) is 0 Å². The van der Waals surface area contributed by atoms with Crippen molar-refractivity contribution in [2.24, 2.45) is 0 Å². The van der Waals surface area contributed by atoms with E-state index in [9.17, 15) is 10.2 Å². The molecular weight excluding hydrogens is 364 g/mol. The molecule has 1 rings (SSSR count). The highest BCUT2D eigenvalue weighted by Crippen LogP contribution is 2.34. The summed E-state index contributed by atoms with van der Waals surface area (Å²) in [6, 6.07) is 0. The first-order valence-electron chi connectivity index (χ1n) is 6.58. The molecule has 0 spiro atoms. The van der Waals surface area contributed by atoms with E-state index in [1.54, 1.807) is 9.80 Å². The number of thioether (sulfide) groups is 2. The van der Waals surface area contributed by atoms with E-state index in [0.29, 0.717) is 8.64 Å². The van der Waals surface area contributed by atoms with Crippen LogP contribution in [-0.4, -0.2) is 93.1 Å². The summed E-state index contributed by atoms with van der Waals surface area (Å²) >= 11 is 13.1. The van der Waals surface area contributed by atoms with E-state index in [0.717, 1.165) is 0 Å². The largest absolute Gasteiger partial charge is 0.394 e. The molecule has 0 aliphatic carbocycles. The van der Waals surface area contributed by atoms with Crippen LogP contribution in [-0.2, 0) is 9.47 Å². The van der Waals surface area contributed by atoms with Gasteiger partial charge in [0, 0.05) is 28.2 Å². The van der Waals surface area contributed by atoms with Gasteiger partial charge in [0.1, 0.15) is 31.7 Å². The molecule has 1 aliphatic rings. The van der Waals surface area contributed by atoms with Crippen molar-refractivity contribution >= 4 is 56.6 Å². The monoisotopic (exact) mass is 386 g/mol. The van der Waals surface area contributed by atoms with Crippen molar-refractivity contribution in [1.29, 1.82) is 0 Å². The smallest absolute Gasteiger partial charge is 0.139 e. The fourth-order valence-corrected chi connectivity index (χ4v) is 3.91. The zero-order chi connectivity index (χ0) is 16.9. The number of thiocarbonyl (C=S) groups is 2. The van der Waals surface area contributed by atoms with E-state index in [-0.39, 0.29) is 13.2 Å². The maximum Gasteiger partial charge on any atom is 0.139 e. The van der Waals surface area contributed by atoms with Crippen LogP contribution in [0.2, 0.25) is 0 Å². The Bertz CT molecular complexity index is 361. The molecule has 0 amide bonds. The summed E-state index contributed by atoms with van der Waals surface area (Å²) in [5.74, 6) is 0. The third-order valence-corrected chi connectivity index (χ3v) is 6.48. The minimum Gasteiger partial charge on any atom is -0.394 e. The summed E-state index contributed by atoms with van der Waals surface area (Å²) in [6.45, 7) is -0.394. The number of ether oxygens (including phenoxy) is 2. The highest BCUT2D eigenvalue weighted by Gasteiger charge is 2.40. The Kier molecular flexibility index (Phi) is 8.86. The van der Waals surface area contributed by atoms with E-state index in [2.05, 4.69) is 0 Å². The molecule has 1 aliphatic heterocycles. The van der Waals surface area contributed by atoms with Crippen molar-refractivity contribution < 1.29 is 19.7 Å². The van der Waals surface area contributed by atoms with Crippen LogP contribution in [0.15, 0.2) is 0 Å². The Labute approximate surface area is 150 Å². The van der Waals surface area contributed by atoms with Gasteiger partial charge in [0.2, 0.25) is 0 Å². The molecular formula is C12H22N2O4S4. The first kappa shape index (κ1) is 20.4. The topological polar surface area (TPSA) is 65.4 Å². The average Bonchev–Trinajstić information content (AvgIpc) is 2.47. The van der Waals surface area contributed by atoms with Crippen molar-refractivity contribution in [2.75, 3.05) is 41.4 Å². The third-order valence-electron chi connectivity index (χ3n) is 2.75. The standard InChI is InChI=1S/C12H22N2O4S4/c1-13(2)11(19)21-9-7(5-15)18-10(8(6-16)17-9)22-12(20)14(3)4/h7-10,15-16H,5-6H2,1-4H3. The first-order valence-corrected chi connectivity index (χ1v) is 9.16. The van der Waals surface area contributed by atoms with E-state index < -0.39 is 23.1 Å². The Hall–Kier alpha value is 0.320. The van der Waals surface area contributed by atoms with Gasteiger partial charge in [-0.2, -0.15) is 0 Å². The third kappa shape index (κ3) is 5.75. The molecule has 1 saturated heterocycles. The van der Waals surface area contributed by atoms with E-state index in [1.807, 2.05) is 28.2 Å². The van der Waals surface area contributed by atoms with Gasteiger partial charge in [0.25, 0.3) is 0 Å². The minimum atomic E-state index is -0.534. The maximum atomic E-state index is 9.54. The molecule has 4 atom stereocenters. The van der Waals surface area contributed by atoms with Gasteiger partial charge in [-0.15, -0.1) is 0 Å². The van der Waals surface area contributed by atoms with Crippen LogP contribution < -0.4 is 0 Å². The van der Waals surface area contributed by atoms with E-state index >= 15 is 0 Å². The molecule has 10 heteroatoms. The molecule has 0 aromatic rings. The summed E-state index contributed by atoms with van der Waals surface area (Å²) in [4.78, 5) is 3.57. The molecule has 0 bridgehead atoms. The van der Waals surface area contributed by atoms with Gasteiger partial charge in [-0.1, -0.05) is 48.0 Å². The van der Waals surface area contributed by atoms with Crippen LogP contribution in [0.5, 0.6) is 0 Å². The molecule has 2 N–H and O–H groups in total. The normalized spacial score (nSPS) is 28.3. The predicted molar refractivity (Wildman–Crippen MR) is 99.2 cm³/mol. The molecule has 4 unspecified atom stereocenters. The Morgan fingerprint density at radius 3 is 1.41 bits per heavy atom. The van der Waals surface area contributed by atoms with Crippen molar-refractivity contribution in [3.63, 3.8) is 0 Å². The average molecular weight is 387 g/mol. The van der Waals surface area contributed by atoms with Gasteiger partial charge in [-0.25, -0.2) is 0 Å². The highest BCUT2D eigenvalue weighted by atomic mass is 32.2. The zero-order valence-corrected chi connectivity index (χ0v) is 16.2. The lowest BCUT2D eigenvalue weighted by molar-refractivity contribution is -0.181. The summed E-state index contributed by atoms with van der Waals surface area (Å²) in [6.07, 6.45) is -1.07. The lowest BCUT2D eigenvalue weighted by Gasteiger charge is -2.40. The number of hydrogen-bond acceptors (Lipinski definition) is 8. The second kappa shape index (κ2) is 9.58. The summed E-state index contributed by atoms with van der Waals surface area (Å²) < 4.78 is 13.0. The van der Waals surface area contributed by atoms with E-state index in [1.165, 1.54) is 23.5 Å². The number of hydrogen-bond donors (Lipinski definition) is 2. The lowest BCUT2D eigenvalue weighted by atomic mass is 10.3. The number of aliphatic hydroxyl groups is 2. The van der Waals surface area contributed by atoms with E-state index in [4.69, 9.17) is 33.9 Å². The maximum absolute atomic E-state index is 9.54. The molecule has 1 fully saturated rings. The van der Waals surface area contributed by atoms with Crippen molar-refractivity contribution in [3.05, 3.63) is 0 Å². The van der Waals surface area contributed by atoms with Gasteiger partial charge >= 0.3 is 0 Å². The second-order valence-electron chi connectivity index (χ2n) is 5.01. The summed E-state index contributed by atoms with van der Waals surface area (Å²) in [7, 11) is 7.35. The van der Waals surface area contributed by atoms with Crippen LogP contribution in [0.3, 0.4) is 0 Å². The summed E-state index contributed by atoms with van der Waals surface area (Å²) in [5.41, 5.74) is -0.941. The van der Waals surface area contributed by atoms with Gasteiger partial charge in [-0.05, 0) is 0 Å². The van der Waals surface area contributed by atoms with Gasteiger partial charge in [0.05, 0.1) is 13.2 Å². The molecule has 6 nitrogen and oxygen atoms in total.